The lowest BCUT2D eigenvalue weighted by atomic mass is 10.2. The molecule has 1 saturated heterocycles. The van der Waals surface area contributed by atoms with Crippen LogP contribution in [0.2, 0.25) is 0 Å². The number of aromatic nitrogens is 1. The third-order valence-corrected chi connectivity index (χ3v) is 2.92. The molecule has 0 atom stereocenters. The first kappa shape index (κ1) is 10.9. The molecule has 0 unspecified atom stereocenters. The number of nitrogens with two attached hydrogens (primary N) is 1. The van der Waals surface area contributed by atoms with Crippen molar-refractivity contribution in [3.8, 4) is 0 Å². The van der Waals surface area contributed by atoms with E-state index in [1.807, 2.05) is 12.1 Å². The summed E-state index contributed by atoms with van der Waals surface area (Å²) >= 11 is 3.30. The maximum absolute atomic E-state index is 5.84. The van der Waals surface area contributed by atoms with Crippen molar-refractivity contribution in [2.45, 2.75) is 6.54 Å². The van der Waals surface area contributed by atoms with Gasteiger partial charge in [0.15, 0.2) is 0 Å². The van der Waals surface area contributed by atoms with Gasteiger partial charge in [-0.05, 0) is 22.0 Å². The number of pyridine rings is 1. The van der Waals surface area contributed by atoms with Crippen LogP contribution >= 0.6 is 15.9 Å². The van der Waals surface area contributed by atoms with E-state index in [4.69, 9.17) is 10.5 Å². The molecule has 1 fully saturated rings. The number of rotatable bonds is 2. The highest BCUT2D eigenvalue weighted by Crippen LogP contribution is 2.16. The van der Waals surface area contributed by atoms with Gasteiger partial charge in [0, 0.05) is 25.2 Å². The van der Waals surface area contributed by atoms with Crippen molar-refractivity contribution in [3.05, 3.63) is 22.3 Å². The van der Waals surface area contributed by atoms with Crippen molar-refractivity contribution in [1.82, 2.24) is 9.88 Å². The van der Waals surface area contributed by atoms with Crippen LogP contribution in [0.5, 0.6) is 0 Å². The fraction of sp³-hybridized carbons (Fsp3) is 0.500. The van der Waals surface area contributed by atoms with Gasteiger partial charge in [-0.15, -0.1) is 0 Å². The molecular weight excluding hydrogens is 258 g/mol. The Hall–Kier alpha value is -0.650. The van der Waals surface area contributed by atoms with Gasteiger partial charge >= 0.3 is 0 Å². The Bertz CT molecular complexity index is 339. The summed E-state index contributed by atoms with van der Waals surface area (Å²) < 4.78 is 6.07. The van der Waals surface area contributed by atoms with Crippen molar-refractivity contribution >= 4 is 21.7 Å². The molecule has 0 bridgehead atoms. The molecule has 1 aliphatic rings. The molecule has 0 amide bonds. The standard InChI is InChI=1S/C10H14BrN3O/c11-9-2-1-8(10(12)13-9)7-14-3-5-15-6-4-14/h1-2H,3-7H2,(H2,12,13). The van der Waals surface area contributed by atoms with Gasteiger partial charge in [0.2, 0.25) is 0 Å². The first-order valence-electron chi connectivity index (χ1n) is 4.97. The maximum Gasteiger partial charge on any atom is 0.129 e. The van der Waals surface area contributed by atoms with Crippen LogP contribution in [0, 0.1) is 0 Å². The summed E-state index contributed by atoms with van der Waals surface area (Å²) in [5, 5.41) is 0. The largest absolute Gasteiger partial charge is 0.383 e. The summed E-state index contributed by atoms with van der Waals surface area (Å²) in [6, 6.07) is 3.94. The summed E-state index contributed by atoms with van der Waals surface area (Å²) in [5.41, 5.74) is 6.92. The average molecular weight is 272 g/mol. The Balaban J connectivity index is 2.03. The van der Waals surface area contributed by atoms with Crippen molar-refractivity contribution < 1.29 is 4.74 Å². The van der Waals surface area contributed by atoms with Crippen LogP contribution in [0.4, 0.5) is 5.82 Å². The molecule has 0 aromatic carbocycles. The summed E-state index contributed by atoms with van der Waals surface area (Å²) in [6.45, 7) is 4.41. The molecule has 1 aliphatic heterocycles. The normalized spacial score (nSPS) is 17.9. The van der Waals surface area contributed by atoms with Gasteiger partial charge < -0.3 is 10.5 Å². The van der Waals surface area contributed by atoms with Gasteiger partial charge in [0.05, 0.1) is 13.2 Å². The third-order valence-electron chi connectivity index (χ3n) is 2.48. The number of ether oxygens (including phenoxy) is 1. The van der Waals surface area contributed by atoms with Gasteiger partial charge in [-0.3, -0.25) is 4.90 Å². The minimum atomic E-state index is 0.607. The van der Waals surface area contributed by atoms with Crippen LogP contribution in [0.15, 0.2) is 16.7 Å². The highest BCUT2D eigenvalue weighted by Gasteiger charge is 2.12. The van der Waals surface area contributed by atoms with Crippen molar-refractivity contribution in [2.24, 2.45) is 0 Å². The first-order valence-corrected chi connectivity index (χ1v) is 5.76. The summed E-state index contributed by atoms with van der Waals surface area (Å²) in [4.78, 5) is 6.50. The minimum absolute atomic E-state index is 0.607. The molecule has 1 aromatic heterocycles. The number of morpholine rings is 1. The van der Waals surface area contributed by atoms with E-state index in [0.29, 0.717) is 5.82 Å². The van der Waals surface area contributed by atoms with Crippen LogP contribution in [0.25, 0.3) is 0 Å². The lowest BCUT2D eigenvalue weighted by Crippen LogP contribution is -2.35. The zero-order valence-electron chi connectivity index (χ0n) is 8.45. The van der Waals surface area contributed by atoms with Gasteiger partial charge in [-0.1, -0.05) is 6.07 Å². The van der Waals surface area contributed by atoms with E-state index in [2.05, 4.69) is 25.8 Å². The zero-order valence-corrected chi connectivity index (χ0v) is 10.0. The van der Waals surface area contributed by atoms with Crippen molar-refractivity contribution in [3.63, 3.8) is 0 Å². The van der Waals surface area contributed by atoms with Gasteiger partial charge in [0.25, 0.3) is 0 Å². The van der Waals surface area contributed by atoms with Crippen LogP contribution < -0.4 is 5.73 Å². The van der Waals surface area contributed by atoms with Gasteiger partial charge in [-0.25, -0.2) is 4.98 Å². The Labute approximate surface area is 97.6 Å². The van der Waals surface area contributed by atoms with E-state index in [1.54, 1.807) is 0 Å². The van der Waals surface area contributed by atoms with Gasteiger partial charge in [0.1, 0.15) is 10.4 Å². The molecular formula is C10H14BrN3O. The topological polar surface area (TPSA) is 51.4 Å². The molecule has 0 aliphatic carbocycles. The van der Waals surface area contributed by atoms with Crippen LogP contribution in [0.3, 0.4) is 0 Å². The van der Waals surface area contributed by atoms with E-state index in [9.17, 15) is 0 Å². The molecule has 0 saturated carbocycles. The number of hydrogen-bond acceptors (Lipinski definition) is 4. The average Bonchev–Trinajstić information content (AvgIpc) is 2.24. The molecule has 2 rings (SSSR count). The second-order valence-corrected chi connectivity index (χ2v) is 4.38. The fourth-order valence-corrected chi connectivity index (χ4v) is 1.94. The third kappa shape index (κ3) is 2.90. The Morgan fingerprint density at radius 2 is 2.13 bits per heavy atom. The van der Waals surface area contributed by atoms with E-state index >= 15 is 0 Å². The molecule has 1 aromatic rings. The van der Waals surface area contributed by atoms with E-state index < -0.39 is 0 Å². The van der Waals surface area contributed by atoms with E-state index in [-0.39, 0.29) is 0 Å². The Morgan fingerprint density at radius 3 is 2.80 bits per heavy atom. The molecule has 82 valence electrons. The molecule has 4 nitrogen and oxygen atoms in total. The van der Waals surface area contributed by atoms with Crippen molar-refractivity contribution in [2.75, 3.05) is 32.0 Å². The van der Waals surface area contributed by atoms with Crippen LogP contribution in [-0.2, 0) is 11.3 Å². The molecule has 2 N–H and O–H groups in total. The zero-order chi connectivity index (χ0) is 10.7. The minimum Gasteiger partial charge on any atom is -0.383 e. The summed E-state index contributed by atoms with van der Waals surface area (Å²) in [7, 11) is 0. The maximum atomic E-state index is 5.84. The first-order chi connectivity index (χ1) is 7.25. The van der Waals surface area contributed by atoms with Crippen molar-refractivity contribution in [1.29, 1.82) is 0 Å². The quantitative estimate of drug-likeness (QED) is 0.823. The monoisotopic (exact) mass is 271 g/mol. The SMILES string of the molecule is Nc1nc(Br)ccc1CN1CCOCC1. The molecule has 15 heavy (non-hydrogen) atoms. The second kappa shape index (κ2) is 4.92. The highest BCUT2D eigenvalue weighted by molar-refractivity contribution is 9.10. The number of hydrogen-bond donors (Lipinski definition) is 1. The van der Waals surface area contributed by atoms with Crippen LogP contribution in [0.1, 0.15) is 5.56 Å². The summed E-state index contributed by atoms with van der Waals surface area (Å²) in [6.07, 6.45) is 0. The lowest BCUT2D eigenvalue weighted by Gasteiger charge is -2.26. The lowest BCUT2D eigenvalue weighted by molar-refractivity contribution is 0.0342. The second-order valence-electron chi connectivity index (χ2n) is 3.57. The smallest absolute Gasteiger partial charge is 0.129 e. The molecule has 5 heteroatoms. The summed E-state index contributed by atoms with van der Waals surface area (Å²) in [5.74, 6) is 0.607. The van der Waals surface area contributed by atoms with E-state index in [0.717, 1.165) is 43.0 Å². The number of nitrogens with zero attached hydrogens (tertiary/aromatic N) is 2. The Kier molecular flexibility index (Phi) is 3.56. The van der Waals surface area contributed by atoms with Crippen LogP contribution in [-0.4, -0.2) is 36.2 Å². The number of halogens is 1. The Morgan fingerprint density at radius 1 is 1.40 bits per heavy atom. The predicted molar refractivity (Wildman–Crippen MR) is 62.4 cm³/mol. The van der Waals surface area contributed by atoms with E-state index in [1.165, 1.54) is 0 Å². The predicted octanol–water partition coefficient (Wildman–Crippen LogP) is 1.26. The number of anilines is 1. The number of nitrogen functional groups attached to an aromatic ring is 1. The fourth-order valence-electron chi connectivity index (χ4n) is 1.61. The molecule has 0 radical (unpaired) electrons. The molecule has 2 heterocycles. The van der Waals surface area contributed by atoms with Gasteiger partial charge in [-0.2, -0.15) is 0 Å². The highest BCUT2D eigenvalue weighted by atomic mass is 79.9. The molecule has 0 spiro atoms.